The number of benzene rings is 1. The first-order chi connectivity index (χ1) is 9.01. The average molecular weight is 271 g/mol. The molecule has 106 valence electrons. The van der Waals surface area contributed by atoms with Gasteiger partial charge < -0.3 is 16.4 Å². The minimum Gasteiger partial charge on any atom is -0.368 e. The molecule has 0 aliphatic heterocycles. The summed E-state index contributed by atoms with van der Waals surface area (Å²) in [6, 6.07) is 2.85. The van der Waals surface area contributed by atoms with Gasteiger partial charge >= 0.3 is 0 Å². The SMILES string of the molecule is CCCCN(CC(N)=O)c1ccc(CN)c(F)c1F. The average Bonchev–Trinajstić information content (AvgIpc) is 2.37. The van der Waals surface area contributed by atoms with E-state index in [2.05, 4.69) is 0 Å². The maximum atomic E-state index is 14.0. The fourth-order valence-electron chi connectivity index (χ4n) is 1.80. The number of unbranched alkanes of at least 4 members (excludes halogenated alkanes) is 1. The fourth-order valence-corrected chi connectivity index (χ4v) is 1.80. The first kappa shape index (κ1) is 15.4. The molecule has 0 unspecified atom stereocenters. The Morgan fingerprint density at radius 1 is 1.32 bits per heavy atom. The number of nitrogens with two attached hydrogens (primary N) is 2. The van der Waals surface area contributed by atoms with Crippen LogP contribution in [0.4, 0.5) is 14.5 Å². The molecule has 4 nitrogen and oxygen atoms in total. The zero-order chi connectivity index (χ0) is 14.4. The van der Waals surface area contributed by atoms with Crippen molar-refractivity contribution < 1.29 is 13.6 Å². The molecule has 6 heteroatoms. The Kier molecular flexibility index (Phi) is 5.69. The lowest BCUT2D eigenvalue weighted by Gasteiger charge is -2.24. The number of carbonyl (C=O) groups is 1. The molecule has 19 heavy (non-hydrogen) atoms. The van der Waals surface area contributed by atoms with E-state index >= 15 is 0 Å². The minimum atomic E-state index is -0.986. The number of amides is 1. The molecule has 0 atom stereocenters. The Bertz CT molecular complexity index is 452. The van der Waals surface area contributed by atoms with Gasteiger partial charge in [0.05, 0.1) is 12.2 Å². The van der Waals surface area contributed by atoms with Crippen LogP contribution in [0.25, 0.3) is 0 Å². The molecule has 0 radical (unpaired) electrons. The molecule has 0 heterocycles. The van der Waals surface area contributed by atoms with Crippen LogP contribution in [-0.2, 0) is 11.3 Å². The number of hydrogen-bond donors (Lipinski definition) is 2. The van der Waals surface area contributed by atoms with Gasteiger partial charge in [-0.3, -0.25) is 4.79 Å². The van der Waals surface area contributed by atoms with Gasteiger partial charge in [0, 0.05) is 18.7 Å². The third-order valence-corrected chi connectivity index (χ3v) is 2.83. The van der Waals surface area contributed by atoms with Crippen molar-refractivity contribution in [2.24, 2.45) is 11.5 Å². The number of anilines is 1. The maximum absolute atomic E-state index is 14.0. The highest BCUT2D eigenvalue weighted by molar-refractivity contribution is 5.79. The summed E-state index contributed by atoms with van der Waals surface area (Å²) in [7, 11) is 0. The quantitative estimate of drug-likeness (QED) is 0.789. The van der Waals surface area contributed by atoms with E-state index in [1.165, 1.54) is 17.0 Å². The third kappa shape index (κ3) is 3.89. The first-order valence-corrected chi connectivity index (χ1v) is 6.21. The molecule has 1 aromatic rings. The van der Waals surface area contributed by atoms with Crippen molar-refractivity contribution in [1.82, 2.24) is 0 Å². The van der Waals surface area contributed by atoms with E-state index in [-0.39, 0.29) is 24.3 Å². The summed E-state index contributed by atoms with van der Waals surface area (Å²) >= 11 is 0. The minimum absolute atomic E-state index is 0.0435. The van der Waals surface area contributed by atoms with E-state index in [9.17, 15) is 13.6 Å². The highest BCUT2D eigenvalue weighted by atomic mass is 19.2. The standard InChI is InChI=1S/C13H19F2N3O/c1-2-3-6-18(8-11(17)19)10-5-4-9(7-16)12(14)13(10)15/h4-5H,2-3,6-8,16H2,1H3,(H2,17,19). The third-order valence-electron chi connectivity index (χ3n) is 2.83. The summed E-state index contributed by atoms with van der Waals surface area (Å²) in [6.07, 6.45) is 1.63. The van der Waals surface area contributed by atoms with E-state index in [1.807, 2.05) is 6.92 Å². The number of primary amides is 1. The summed E-state index contributed by atoms with van der Waals surface area (Å²) in [6.45, 7) is 2.20. The summed E-state index contributed by atoms with van der Waals surface area (Å²) in [5, 5.41) is 0. The summed E-state index contributed by atoms with van der Waals surface area (Å²) in [5.74, 6) is -2.54. The Balaban J connectivity index is 3.07. The van der Waals surface area contributed by atoms with Gasteiger partial charge in [-0.15, -0.1) is 0 Å². The molecule has 0 aliphatic carbocycles. The summed E-state index contributed by atoms with van der Waals surface area (Å²) in [5.41, 5.74) is 10.6. The van der Waals surface area contributed by atoms with Crippen LogP contribution in [0.5, 0.6) is 0 Å². The van der Waals surface area contributed by atoms with Gasteiger partial charge in [-0.2, -0.15) is 0 Å². The number of rotatable bonds is 7. The largest absolute Gasteiger partial charge is 0.368 e. The molecule has 0 aromatic heterocycles. The summed E-state index contributed by atoms with van der Waals surface area (Å²) < 4.78 is 27.6. The van der Waals surface area contributed by atoms with E-state index in [4.69, 9.17) is 11.5 Å². The second-order valence-corrected chi connectivity index (χ2v) is 4.32. The lowest BCUT2D eigenvalue weighted by atomic mass is 10.1. The van der Waals surface area contributed by atoms with Gasteiger partial charge in [0.1, 0.15) is 0 Å². The van der Waals surface area contributed by atoms with Crippen LogP contribution < -0.4 is 16.4 Å². The van der Waals surface area contributed by atoms with Crippen molar-refractivity contribution in [3.05, 3.63) is 29.3 Å². The molecule has 1 rings (SSSR count). The highest BCUT2D eigenvalue weighted by Gasteiger charge is 2.18. The molecule has 0 saturated heterocycles. The van der Waals surface area contributed by atoms with Gasteiger partial charge in [-0.1, -0.05) is 19.4 Å². The lowest BCUT2D eigenvalue weighted by Crippen LogP contribution is -2.35. The van der Waals surface area contributed by atoms with Crippen molar-refractivity contribution in [3.63, 3.8) is 0 Å². The van der Waals surface area contributed by atoms with E-state index in [0.29, 0.717) is 6.54 Å². The molecule has 0 aliphatic rings. The number of carbonyl (C=O) groups excluding carboxylic acids is 1. The predicted molar refractivity (Wildman–Crippen MR) is 70.6 cm³/mol. The predicted octanol–water partition coefficient (Wildman–Crippen LogP) is 1.52. The monoisotopic (exact) mass is 271 g/mol. The van der Waals surface area contributed by atoms with Crippen LogP contribution in [-0.4, -0.2) is 19.0 Å². The molecular weight excluding hydrogens is 252 g/mol. The van der Waals surface area contributed by atoms with E-state index in [0.717, 1.165) is 12.8 Å². The lowest BCUT2D eigenvalue weighted by molar-refractivity contribution is -0.116. The van der Waals surface area contributed by atoms with Crippen LogP contribution in [0.15, 0.2) is 12.1 Å². The number of nitrogens with zero attached hydrogens (tertiary/aromatic N) is 1. The zero-order valence-corrected chi connectivity index (χ0v) is 11.0. The van der Waals surface area contributed by atoms with Gasteiger partial charge in [0.2, 0.25) is 5.91 Å². The van der Waals surface area contributed by atoms with Crippen LogP contribution in [0, 0.1) is 11.6 Å². The van der Waals surface area contributed by atoms with Crippen molar-refractivity contribution in [1.29, 1.82) is 0 Å². The molecule has 1 amide bonds. The second kappa shape index (κ2) is 7.04. The Labute approximate surface area is 111 Å². The van der Waals surface area contributed by atoms with Crippen molar-refractivity contribution >= 4 is 11.6 Å². The molecule has 0 spiro atoms. The van der Waals surface area contributed by atoms with Gasteiger partial charge in [0.25, 0.3) is 0 Å². The first-order valence-electron chi connectivity index (χ1n) is 6.21. The van der Waals surface area contributed by atoms with Gasteiger partial charge in [-0.05, 0) is 12.5 Å². The molecular formula is C13H19F2N3O. The zero-order valence-electron chi connectivity index (χ0n) is 11.0. The molecule has 0 fully saturated rings. The van der Waals surface area contributed by atoms with Crippen molar-refractivity contribution in [2.75, 3.05) is 18.0 Å². The maximum Gasteiger partial charge on any atom is 0.236 e. The topological polar surface area (TPSA) is 72.3 Å². The molecule has 4 N–H and O–H groups in total. The van der Waals surface area contributed by atoms with Crippen molar-refractivity contribution in [3.8, 4) is 0 Å². The Hall–Kier alpha value is -1.69. The Morgan fingerprint density at radius 2 is 2.00 bits per heavy atom. The van der Waals surface area contributed by atoms with Crippen LogP contribution >= 0.6 is 0 Å². The van der Waals surface area contributed by atoms with Crippen molar-refractivity contribution in [2.45, 2.75) is 26.3 Å². The van der Waals surface area contributed by atoms with Gasteiger partial charge in [0.15, 0.2) is 11.6 Å². The van der Waals surface area contributed by atoms with Crippen LogP contribution in [0.3, 0.4) is 0 Å². The number of halogens is 2. The molecule has 1 aromatic carbocycles. The molecule has 0 saturated carbocycles. The van der Waals surface area contributed by atoms with E-state index in [1.54, 1.807) is 0 Å². The van der Waals surface area contributed by atoms with Crippen LogP contribution in [0.1, 0.15) is 25.3 Å². The summed E-state index contributed by atoms with van der Waals surface area (Å²) in [4.78, 5) is 12.5. The Morgan fingerprint density at radius 3 is 2.53 bits per heavy atom. The second-order valence-electron chi connectivity index (χ2n) is 4.32. The highest BCUT2D eigenvalue weighted by Crippen LogP contribution is 2.24. The normalized spacial score (nSPS) is 10.5. The smallest absolute Gasteiger partial charge is 0.236 e. The fraction of sp³-hybridized carbons (Fsp3) is 0.462. The van der Waals surface area contributed by atoms with E-state index < -0.39 is 17.5 Å². The van der Waals surface area contributed by atoms with Gasteiger partial charge in [-0.25, -0.2) is 8.78 Å². The number of hydrogen-bond acceptors (Lipinski definition) is 3. The van der Waals surface area contributed by atoms with Crippen LogP contribution in [0.2, 0.25) is 0 Å². The molecule has 0 bridgehead atoms.